The maximum atomic E-state index is 12.2. The smallest absolute Gasteiger partial charge is 0.410 e. The van der Waals surface area contributed by atoms with Gasteiger partial charge in [0.2, 0.25) is 0 Å². The Bertz CT molecular complexity index is 901. The van der Waals surface area contributed by atoms with Crippen LogP contribution in [-0.4, -0.2) is 36.4 Å². The van der Waals surface area contributed by atoms with E-state index in [9.17, 15) is 20.6 Å². The second-order valence-electron chi connectivity index (χ2n) is 6.46. The summed E-state index contributed by atoms with van der Waals surface area (Å²) in [6, 6.07) is 7.97. The lowest BCUT2D eigenvalue weighted by molar-refractivity contribution is 0.0992. The van der Waals surface area contributed by atoms with E-state index in [0.29, 0.717) is 5.57 Å². The maximum absolute atomic E-state index is 12.2. The van der Waals surface area contributed by atoms with Gasteiger partial charge in [0, 0.05) is 24.9 Å². The van der Waals surface area contributed by atoms with Crippen LogP contribution in [0.15, 0.2) is 28.5 Å². The van der Waals surface area contributed by atoms with Gasteiger partial charge >= 0.3 is 6.09 Å². The number of thiophene rings is 1. The van der Waals surface area contributed by atoms with Gasteiger partial charge in [-0.05, 0) is 34.9 Å². The quantitative estimate of drug-likeness (QED) is 0.791. The van der Waals surface area contributed by atoms with Gasteiger partial charge in [0.25, 0.3) is 0 Å². The normalized spacial score (nSPS) is 26.0. The first-order valence-corrected chi connectivity index (χ1v) is 9.43. The Balaban J connectivity index is 2.15. The van der Waals surface area contributed by atoms with Crippen LogP contribution >= 0.6 is 11.3 Å². The van der Waals surface area contributed by atoms with Crippen LogP contribution in [0, 0.1) is 56.7 Å². The Labute approximate surface area is 161 Å². The average molecular weight is 379 g/mol. The number of carbonyl (C=O) groups excluding carboxylic acids is 1. The summed E-state index contributed by atoms with van der Waals surface area (Å²) in [5.74, 6) is -1.97. The number of ether oxygens (including phenoxy) is 1. The first kappa shape index (κ1) is 18.6. The van der Waals surface area contributed by atoms with E-state index in [4.69, 9.17) is 10.1 Å². The van der Waals surface area contributed by atoms with Crippen molar-refractivity contribution in [3.63, 3.8) is 0 Å². The summed E-state index contributed by atoms with van der Waals surface area (Å²) in [6.07, 6.45) is 1.30. The van der Waals surface area contributed by atoms with Crippen LogP contribution in [0.3, 0.4) is 0 Å². The molecule has 0 spiro atoms. The highest BCUT2D eigenvalue weighted by atomic mass is 32.1. The molecule has 8 heteroatoms. The topological polar surface area (TPSA) is 125 Å². The lowest BCUT2D eigenvalue weighted by atomic mass is 9.54. The zero-order chi connectivity index (χ0) is 19.6. The molecule has 136 valence electrons. The van der Waals surface area contributed by atoms with Crippen molar-refractivity contribution in [3.8, 4) is 18.2 Å². The van der Waals surface area contributed by atoms with E-state index < -0.39 is 29.3 Å². The van der Waals surface area contributed by atoms with Crippen molar-refractivity contribution in [1.82, 2.24) is 4.90 Å². The average Bonchev–Trinajstić information content (AvgIpc) is 3.21. The fourth-order valence-corrected chi connectivity index (χ4v) is 4.70. The zero-order valence-corrected chi connectivity index (χ0v) is 15.5. The molecule has 0 aromatic carbocycles. The molecule has 1 fully saturated rings. The summed E-state index contributed by atoms with van der Waals surface area (Å²) < 4.78 is 5.09. The van der Waals surface area contributed by atoms with Gasteiger partial charge in [0.1, 0.15) is 5.92 Å². The third-order valence-corrected chi connectivity index (χ3v) is 5.92. The molecule has 1 aliphatic carbocycles. The lowest BCUT2D eigenvalue weighted by Crippen LogP contribution is -2.53. The number of fused-ring (bicyclic) bond motifs is 1. The Kier molecular flexibility index (Phi) is 4.99. The van der Waals surface area contributed by atoms with Crippen LogP contribution in [0.5, 0.6) is 0 Å². The van der Waals surface area contributed by atoms with Crippen molar-refractivity contribution in [2.45, 2.75) is 12.8 Å². The van der Waals surface area contributed by atoms with Crippen LogP contribution in [0.4, 0.5) is 4.79 Å². The second kappa shape index (κ2) is 7.23. The number of nitriles is 3. The summed E-state index contributed by atoms with van der Waals surface area (Å²) >= 11 is 1.44. The van der Waals surface area contributed by atoms with E-state index in [0.717, 1.165) is 5.56 Å². The van der Waals surface area contributed by atoms with Crippen LogP contribution in [0.2, 0.25) is 0 Å². The summed E-state index contributed by atoms with van der Waals surface area (Å²) in [6.45, 7) is 2.48. The van der Waals surface area contributed by atoms with E-state index in [1.165, 1.54) is 16.2 Å². The fourth-order valence-electron chi connectivity index (χ4n) is 4.00. The number of amides is 1. The molecule has 3 atom stereocenters. The van der Waals surface area contributed by atoms with Crippen molar-refractivity contribution in [3.05, 3.63) is 34.0 Å². The van der Waals surface area contributed by atoms with E-state index in [1.807, 2.05) is 29.0 Å². The number of nitrogens with one attached hydrogen (secondary N) is 1. The molecule has 7 nitrogen and oxygen atoms in total. The van der Waals surface area contributed by atoms with Gasteiger partial charge in [-0.1, -0.05) is 6.08 Å². The molecule has 1 saturated carbocycles. The third-order valence-electron chi connectivity index (χ3n) is 5.22. The van der Waals surface area contributed by atoms with Crippen molar-refractivity contribution in [2.24, 2.45) is 17.3 Å². The van der Waals surface area contributed by atoms with Gasteiger partial charge in [-0.3, -0.25) is 0 Å². The van der Waals surface area contributed by atoms with E-state index in [2.05, 4.69) is 6.07 Å². The maximum Gasteiger partial charge on any atom is 0.410 e. The minimum absolute atomic E-state index is 0.182. The minimum atomic E-state index is -1.75. The first-order chi connectivity index (χ1) is 13.0. The summed E-state index contributed by atoms with van der Waals surface area (Å²) in [7, 11) is 0. The Morgan fingerprint density at radius 2 is 2.19 bits per heavy atom. The number of carbonyl (C=O) groups is 1. The molecule has 3 rings (SSSR count). The molecular formula is C19H17N5O2S. The Morgan fingerprint density at radius 1 is 1.44 bits per heavy atom. The molecule has 0 saturated heterocycles. The molecule has 27 heavy (non-hydrogen) atoms. The summed E-state index contributed by atoms with van der Waals surface area (Å²) in [5.41, 5.74) is -0.453. The number of hydrogen-bond acceptors (Lipinski definition) is 7. The van der Waals surface area contributed by atoms with Gasteiger partial charge in [0.15, 0.2) is 5.41 Å². The molecule has 1 amide bonds. The van der Waals surface area contributed by atoms with Gasteiger partial charge < -0.3 is 15.0 Å². The first-order valence-electron chi connectivity index (χ1n) is 8.48. The van der Waals surface area contributed by atoms with Gasteiger partial charge in [-0.2, -0.15) is 27.1 Å². The predicted molar refractivity (Wildman–Crippen MR) is 97.7 cm³/mol. The van der Waals surface area contributed by atoms with Crippen molar-refractivity contribution in [1.29, 1.82) is 21.2 Å². The molecule has 1 aromatic heterocycles. The highest BCUT2D eigenvalue weighted by Crippen LogP contribution is 2.53. The van der Waals surface area contributed by atoms with Crippen molar-refractivity contribution >= 4 is 23.1 Å². The predicted octanol–water partition coefficient (Wildman–Crippen LogP) is 3.05. The van der Waals surface area contributed by atoms with E-state index in [-0.39, 0.29) is 25.4 Å². The van der Waals surface area contributed by atoms with Crippen LogP contribution in [0.1, 0.15) is 18.4 Å². The molecular weight excluding hydrogens is 362 g/mol. The van der Waals surface area contributed by atoms with Crippen LogP contribution < -0.4 is 0 Å². The van der Waals surface area contributed by atoms with Crippen molar-refractivity contribution < 1.29 is 9.53 Å². The molecule has 2 heterocycles. The minimum Gasteiger partial charge on any atom is -0.450 e. The van der Waals surface area contributed by atoms with Crippen LogP contribution in [-0.2, 0) is 4.74 Å². The molecule has 0 radical (unpaired) electrons. The SMILES string of the molecule is CCOC(=O)N1CC=C2C(C#N)C(=N)C(C#N)(C#N)[C@H](c3ccsc3)[C@@H]2C1. The number of nitrogens with zero attached hydrogens (tertiary/aromatic N) is 4. The highest BCUT2D eigenvalue weighted by molar-refractivity contribution is 7.08. The van der Waals surface area contributed by atoms with Crippen LogP contribution in [0.25, 0.3) is 0 Å². The summed E-state index contributed by atoms with van der Waals surface area (Å²) in [5, 5.41) is 41.7. The Morgan fingerprint density at radius 3 is 2.74 bits per heavy atom. The van der Waals surface area contributed by atoms with E-state index >= 15 is 0 Å². The van der Waals surface area contributed by atoms with Gasteiger partial charge in [-0.15, -0.1) is 0 Å². The van der Waals surface area contributed by atoms with Crippen molar-refractivity contribution in [2.75, 3.05) is 19.7 Å². The lowest BCUT2D eigenvalue weighted by Gasteiger charge is -2.47. The number of rotatable bonds is 2. The monoisotopic (exact) mass is 379 g/mol. The Hall–Kier alpha value is -3.15. The summed E-state index contributed by atoms with van der Waals surface area (Å²) in [4.78, 5) is 13.7. The standard InChI is InChI=1S/C19H17N5O2S/c1-2-26-18(25)24-5-3-13-14(7-20)17(23)19(10-21,11-22)16(15(13)8-24)12-4-6-27-9-12/h3-4,6,9,14-16,23H,2,5,8H2,1H3/t14?,15-,16-/m1/s1. The zero-order valence-electron chi connectivity index (χ0n) is 14.7. The molecule has 1 aliphatic heterocycles. The second-order valence-corrected chi connectivity index (χ2v) is 7.24. The van der Waals surface area contributed by atoms with E-state index in [1.54, 1.807) is 13.0 Å². The molecule has 1 unspecified atom stereocenters. The molecule has 1 aromatic rings. The van der Waals surface area contributed by atoms with Gasteiger partial charge in [0.05, 0.1) is 30.5 Å². The third kappa shape index (κ3) is 2.77. The fraction of sp³-hybridized carbons (Fsp3) is 0.421. The number of hydrogen-bond donors (Lipinski definition) is 1. The molecule has 2 aliphatic rings. The molecule has 0 bridgehead atoms. The largest absolute Gasteiger partial charge is 0.450 e. The van der Waals surface area contributed by atoms with Gasteiger partial charge in [-0.25, -0.2) is 4.79 Å². The highest BCUT2D eigenvalue weighted by Gasteiger charge is 2.58. The molecule has 1 N–H and O–H groups in total.